The second kappa shape index (κ2) is 5.41. The van der Waals surface area contributed by atoms with Gasteiger partial charge in [0.15, 0.2) is 0 Å². The predicted octanol–water partition coefficient (Wildman–Crippen LogP) is 2.34. The molecule has 0 unspecified atom stereocenters. The van der Waals surface area contributed by atoms with Gasteiger partial charge in [0, 0.05) is 16.6 Å². The zero-order chi connectivity index (χ0) is 13.1. The molecule has 1 aromatic heterocycles. The van der Waals surface area contributed by atoms with Crippen LogP contribution in [0.2, 0.25) is 5.02 Å². The van der Waals surface area contributed by atoms with Crippen LogP contribution < -0.4 is 11.1 Å². The van der Waals surface area contributed by atoms with E-state index >= 15 is 0 Å². The van der Waals surface area contributed by atoms with Gasteiger partial charge in [-0.3, -0.25) is 9.89 Å². The van der Waals surface area contributed by atoms with E-state index in [4.69, 9.17) is 17.3 Å². The number of nitrogens with one attached hydrogen (secondary N) is 2. The molecule has 0 spiro atoms. The standard InChI is InChI=1S/C11H10BrClN4O/c12-8-3-1-2-7(9(8)13)11(18)15-4-6-5-16-17-10(6)14/h1-3,5H,4H2,(H,15,18)(H3,14,16,17). The van der Waals surface area contributed by atoms with Gasteiger partial charge < -0.3 is 11.1 Å². The van der Waals surface area contributed by atoms with E-state index in [-0.39, 0.29) is 5.91 Å². The minimum absolute atomic E-state index is 0.262. The number of rotatable bonds is 3. The summed E-state index contributed by atoms with van der Waals surface area (Å²) in [6, 6.07) is 5.17. The molecule has 5 nitrogen and oxygen atoms in total. The number of hydrogen-bond donors (Lipinski definition) is 3. The van der Waals surface area contributed by atoms with Gasteiger partial charge in [-0.25, -0.2) is 0 Å². The fourth-order valence-corrected chi connectivity index (χ4v) is 1.99. The molecule has 0 atom stereocenters. The van der Waals surface area contributed by atoms with Gasteiger partial charge in [-0.15, -0.1) is 0 Å². The number of carbonyl (C=O) groups excluding carboxylic acids is 1. The molecule has 1 amide bonds. The quantitative estimate of drug-likeness (QED) is 0.808. The summed E-state index contributed by atoms with van der Waals surface area (Å²) in [5, 5.41) is 9.48. The van der Waals surface area contributed by atoms with Gasteiger partial charge in [-0.1, -0.05) is 17.7 Å². The number of carbonyl (C=O) groups is 1. The average molecular weight is 330 g/mol. The SMILES string of the molecule is Nc1[nH]ncc1CNC(=O)c1cccc(Br)c1Cl. The van der Waals surface area contributed by atoms with Crippen LogP contribution in [0.3, 0.4) is 0 Å². The average Bonchev–Trinajstić information content (AvgIpc) is 2.75. The summed E-state index contributed by atoms with van der Waals surface area (Å²) in [4.78, 5) is 11.9. The first-order valence-corrected chi connectivity index (χ1v) is 6.26. The summed E-state index contributed by atoms with van der Waals surface area (Å²) < 4.78 is 0.680. The highest BCUT2D eigenvalue weighted by molar-refractivity contribution is 9.10. The fraction of sp³-hybridized carbons (Fsp3) is 0.0909. The summed E-state index contributed by atoms with van der Waals surface area (Å²) in [7, 11) is 0. The number of nitrogens with two attached hydrogens (primary N) is 1. The summed E-state index contributed by atoms with van der Waals surface area (Å²) in [5.74, 6) is 0.178. The van der Waals surface area contributed by atoms with E-state index in [0.717, 1.165) is 5.56 Å². The number of anilines is 1. The van der Waals surface area contributed by atoms with Gasteiger partial charge in [-0.2, -0.15) is 5.10 Å². The van der Waals surface area contributed by atoms with Crippen molar-refractivity contribution in [1.82, 2.24) is 15.5 Å². The Morgan fingerprint density at radius 1 is 1.56 bits per heavy atom. The van der Waals surface area contributed by atoms with E-state index in [1.165, 1.54) is 0 Å². The van der Waals surface area contributed by atoms with Crippen molar-refractivity contribution >= 4 is 39.3 Å². The molecule has 0 fully saturated rings. The fourth-order valence-electron chi connectivity index (χ4n) is 1.41. The van der Waals surface area contributed by atoms with Crippen LogP contribution in [0.1, 0.15) is 15.9 Å². The number of amides is 1. The smallest absolute Gasteiger partial charge is 0.253 e. The monoisotopic (exact) mass is 328 g/mol. The first-order valence-electron chi connectivity index (χ1n) is 5.09. The van der Waals surface area contributed by atoms with Gasteiger partial charge in [0.2, 0.25) is 0 Å². The zero-order valence-electron chi connectivity index (χ0n) is 9.21. The van der Waals surface area contributed by atoms with Crippen molar-refractivity contribution in [2.45, 2.75) is 6.54 Å². The van der Waals surface area contributed by atoms with Crippen LogP contribution in [0, 0.1) is 0 Å². The molecule has 0 saturated heterocycles. The molecule has 1 aromatic carbocycles. The van der Waals surface area contributed by atoms with Gasteiger partial charge in [-0.05, 0) is 28.1 Å². The van der Waals surface area contributed by atoms with E-state index in [2.05, 4.69) is 31.4 Å². The first kappa shape index (κ1) is 12.9. The molecule has 0 bridgehead atoms. The molecule has 0 aliphatic heterocycles. The summed E-state index contributed by atoms with van der Waals surface area (Å²) in [6.07, 6.45) is 1.57. The number of H-pyrrole nitrogens is 1. The maximum absolute atomic E-state index is 11.9. The Morgan fingerprint density at radius 2 is 2.33 bits per heavy atom. The summed E-state index contributed by atoms with van der Waals surface area (Å²) >= 11 is 9.30. The van der Waals surface area contributed by atoms with Gasteiger partial charge in [0.25, 0.3) is 5.91 Å². The number of nitrogen functional groups attached to an aromatic ring is 1. The van der Waals surface area contributed by atoms with E-state index in [1.54, 1.807) is 24.4 Å². The number of hydrogen-bond acceptors (Lipinski definition) is 3. The van der Waals surface area contributed by atoms with Gasteiger partial charge in [0.05, 0.1) is 16.8 Å². The minimum Gasteiger partial charge on any atom is -0.384 e. The maximum atomic E-state index is 11.9. The summed E-state index contributed by atoms with van der Waals surface area (Å²) in [6.45, 7) is 0.296. The van der Waals surface area contributed by atoms with Crippen molar-refractivity contribution in [2.75, 3.05) is 5.73 Å². The highest BCUT2D eigenvalue weighted by atomic mass is 79.9. The van der Waals surface area contributed by atoms with Crippen LogP contribution in [0.5, 0.6) is 0 Å². The van der Waals surface area contributed by atoms with E-state index < -0.39 is 0 Å². The molecular formula is C11H10BrClN4O. The van der Waals surface area contributed by atoms with Crippen LogP contribution in [0.4, 0.5) is 5.82 Å². The lowest BCUT2D eigenvalue weighted by Crippen LogP contribution is -2.23. The predicted molar refractivity (Wildman–Crippen MR) is 73.3 cm³/mol. The van der Waals surface area contributed by atoms with Crippen molar-refractivity contribution in [1.29, 1.82) is 0 Å². The third kappa shape index (κ3) is 2.65. The van der Waals surface area contributed by atoms with Crippen LogP contribution in [-0.4, -0.2) is 16.1 Å². The van der Waals surface area contributed by atoms with Crippen molar-refractivity contribution in [3.63, 3.8) is 0 Å². The first-order chi connectivity index (χ1) is 8.59. The molecule has 1 heterocycles. The lowest BCUT2D eigenvalue weighted by Gasteiger charge is -2.07. The number of halogens is 2. The summed E-state index contributed by atoms with van der Waals surface area (Å²) in [5.41, 5.74) is 6.76. The van der Waals surface area contributed by atoms with E-state index in [9.17, 15) is 4.79 Å². The lowest BCUT2D eigenvalue weighted by molar-refractivity contribution is 0.0951. The second-order valence-electron chi connectivity index (χ2n) is 3.59. The molecule has 0 saturated carbocycles. The molecule has 7 heteroatoms. The second-order valence-corrected chi connectivity index (χ2v) is 4.83. The van der Waals surface area contributed by atoms with E-state index in [0.29, 0.717) is 27.4 Å². The molecule has 94 valence electrons. The Morgan fingerprint density at radius 3 is 3.00 bits per heavy atom. The Labute approximate surface area is 117 Å². The van der Waals surface area contributed by atoms with Crippen molar-refractivity contribution < 1.29 is 4.79 Å². The van der Waals surface area contributed by atoms with Crippen LogP contribution in [-0.2, 0) is 6.54 Å². The Bertz CT molecular complexity index is 584. The number of aromatic nitrogens is 2. The molecular weight excluding hydrogens is 320 g/mol. The molecule has 2 aromatic rings. The Hall–Kier alpha value is -1.53. The van der Waals surface area contributed by atoms with E-state index in [1.807, 2.05) is 0 Å². The minimum atomic E-state index is -0.262. The number of aromatic amines is 1. The van der Waals surface area contributed by atoms with Crippen LogP contribution in [0.15, 0.2) is 28.9 Å². The molecule has 0 radical (unpaired) electrons. The molecule has 4 N–H and O–H groups in total. The van der Waals surface area contributed by atoms with Crippen LogP contribution in [0.25, 0.3) is 0 Å². The normalized spacial score (nSPS) is 10.3. The highest BCUT2D eigenvalue weighted by Crippen LogP contribution is 2.25. The topological polar surface area (TPSA) is 83.8 Å². The van der Waals surface area contributed by atoms with Gasteiger partial charge in [0.1, 0.15) is 5.82 Å². The van der Waals surface area contributed by atoms with Crippen molar-refractivity contribution in [2.24, 2.45) is 0 Å². The zero-order valence-corrected chi connectivity index (χ0v) is 11.5. The molecule has 18 heavy (non-hydrogen) atoms. The Balaban J connectivity index is 2.09. The highest BCUT2D eigenvalue weighted by Gasteiger charge is 2.12. The van der Waals surface area contributed by atoms with Crippen molar-refractivity contribution in [3.8, 4) is 0 Å². The molecule has 0 aliphatic rings. The third-order valence-corrected chi connectivity index (χ3v) is 3.68. The van der Waals surface area contributed by atoms with Crippen LogP contribution >= 0.6 is 27.5 Å². The number of nitrogens with zero attached hydrogens (tertiary/aromatic N) is 1. The third-order valence-electron chi connectivity index (χ3n) is 2.39. The maximum Gasteiger partial charge on any atom is 0.253 e. The number of benzene rings is 1. The lowest BCUT2D eigenvalue weighted by atomic mass is 10.2. The Kier molecular flexibility index (Phi) is 3.88. The largest absolute Gasteiger partial charge is 0.384 e. The molecule has 0 aliphatic carbocycles. The molecule has 2 rings (SSSR count). The van der Waals surface area contributed by atoms with Gasteiger partial charge >= 0.3 is 0 Å². The van der Waals surface area contributed by atoms with Crippen molar-refractivity contribution in [3.05, 3.63) is 45.0 Å².